The number of carbonyl (C=O) groups excluding carboxylic acids is 3. The van der Waals surface area contributed by atoms with E-state index in [4.69, 9.17) is 0 Å². The number of imide groups is 2. The highest BCUT2D eigenvalue weighted by atomic mass is 16.3. The number of nitrogens with zero attached hydrogens (tertiary/aromatic N) is 2. The molecule has 0 saturated carbocycles. The van der Waals surface area contributed by atoms with Gasteiger partial charge in [0.1, 0.15) is 11.7 Å². The molecule has 0 radical (unpaired) electrons. The number of hydrogen-bond acceptors (Lipinski definition) is 4. The molecular weight excluding hydrogens is 248 g/mol. The summed E-state index contributed by atoms with van der Waals surface area (Å²) in [5.74, 6) is -1.88. The zero-order valence-corrected chi connectivity index (χ0v) is 10.7. The van der Waals surface area contributed by atoms with E-state index in [9.17, 15) is 19.5 Å². The molecule has 2 rings (SSSR count). The number of urea groups is 1. The SMILES string of the molecule is CN1C(=O)C(Cc2cccc(O)c2)C(=O)N(C)C1=O. The Morgan fingerprint density at radius 2 is 1.68 bits per heavy atom. The van der Waals surface area contributed by atoms with Gasteiger partial charge in [-0.3, -0.25) is 19.4 Å². The van der Waals surface area contributed by atoms with Crippen LogP contribution in [0.2, 0.25) is 0 Å². The van der Waals surface area contributed by atoms with E-state index in [0.29, 0.717) is 5.56 Å². The molecule has 4 amide bonds. The number of rotatable bonds is 2. The molecule has 6 nitrogen and oxygen atoms in total. The first-order valence-electron chi connectivity index (χ1n) is 5.79. The summed E-state index contributed by atoms with van der Waals surface area (Å²) in [6.07, 6.45) is 0.161. The van der Waals surface area contributed by atoms with E-state index in [1.165, 1.54) is 26.2 Å². The Bertz CT molecular complexity index is 531. The fourth-order valence-electron chi connectivity index (χ4n) is 2.08. The molecule has 1 aromatic rings. The van der Waals surface area contributed by atoms with Crippen molar-refractivity contribution in [2.45, 2.75) is 6.42 Å². The van der Waals surface area contributed by atoms with Crippen LogP contribution in [0.15, 0.2) is 24.3 Å². The molecule has 0 aromatic heterocycles. The molecule has 1 aliphatic rings. The largest absolute Gasteiger partial charge is 0.508 e. The van der Waals surface area contributed by atoms with Crippen molar-refractivity contribution in [1.29, 1.82) is 0 Å². The zero-order chi connectivity index (χ0) is 14.2. The van der Waals surface area contributed by atoms with E-state index in [-0.39, 0.29) is 12.2 Å². The molecule has 0 unspecified atom stereocenters. The van der Waals surface area contributed by atoms with Crippen LogP contribution in [-0.2, 0) is 16.0 Å². The molecule has 1 aliphatic heterocycles. The fraction of sp³-hybridized carbons (Fsp3) is 0.308. The molecule has 1 N–H and O–H groups in total. The third-order valence-corrected chi connectivity index (χ3v) is 3.18. The summed E-state index contributed by atoms with van der Waals surface area (Å²) in [5.41, 5.74) is 0.669. The second kappa shape index (κ2) is 4.72. The van der Waals surface area contributed by atoms with Crippen LogP contribution in [0.5, 0.6) is 5.75 Å². The molecule has 1 saturated heterocycles. The van der Waals surface area contributed by atoms with E-state index in [1.54, 1.807) is 12.1 Å². The van der Waals surface area contributed by atoms with E-state index in [0.717, 1.165) is 9.80 Å². The van der Waals surface area contributed by atoms with E-state index in [1.807, 2.05) is 0 Å². The van der Waals surface area contributed by atoms with E-state index >= 15 is 0 Å². The molecule has 0 aliphatic carbocycles. The molecule has 19 heavy (non-hydrogen) atoms. The minimum atomic E-state index is -0.922. The summed E-state index contributed by atoms with van der Waals surface area (Å²) in [6.45, 7) is 0. The molecule has 6 heteroatoms. The Morgan fingerprint density at radius 1 is 1.11 bits per heavy atom. The molecule has 0 bridgehead atoms. The van der Waals surface area contributed by atoms with Gasteiger partial charge in [0.05, 0.1) is 0 Å². The topological polar surface area (TPSA) is 77.9 Å². The van der Waals surface area contributed by atoms with Gasteiger partial charge in [-0.2, -0.15) is 0 Å². The number of carbonyl (C=O) groups is 3. The molecule has 100 valence electrons. The van der Waals surface area contributed by atoms with Crippen LogP contribution in [0.3, 0.4) is 0 Å². The van der Waals surface area contributed by atoms with Crippen molar-refractivity contribution < 1.29 is 19.5 Å². The first kappa shape index (κ1) is 13.1. The van der Waals surface area contributed by atoms with Crippen molar-refractivity contribution in [3.05, 3.63) is 29.8 Å². The minimum absolute atomic E-state index is 0.0750. The number of amides is 4. The lowest BCUT2D eigenvalue weighted by Gasteiger charge is -2.32. The van der Waals surface area contributed by atoms with Crippen LogP contribution >= 0.6 is 0 Å². The van der Waals surface area contributed by atoms with Crippen molar-refractivity contribution >= 4 is 17.8 Å². The van der Waals surface area contributed by atoms with E-state index in [2.05, 4.69) is 0 Å². The van der Waals surface area contributed by atoms with Crippen molar-refractivity contribution in [1.82, 2.24) is 9.80 Å². The van der Waals surface area contributed by atoms with Gasteiger partial charge in [0.2, 0.25) is 11.8 Å². The Balaban J connectivity index is 2.26. The molecule has 1 heterocycles. The highest BCUT2D eigenvalue weighted by Gasteiger charge is 2.42. The monoisotopic (exact) mass is 262 g/mol. The Hall–Kier alpha value is -2.37. The number of phenolic OH excluding ortho intramolecular Hbond substituents is 1. The normalized spacial score (nSPS) is 17.3. The molecule has 1 fully saturated rings. The Labute approximate surface area is 110 Å². The number of aromatic hydroxyl groups is 1. The van der Waals surface area contributed by atoms with Gasteiger partial charge in [-0.1, -0.05) is 12.1 Å². The summed E-state index contributed by atoms with van der Waals surface area (Å²) in [4.78, 5) is 37.4. The van der Waals surface area contributed by atoms with Crippen molar-refractivity contribution in [2.75, 3.05) is 14.1 Å². The molecule has 0 spiro atoms. The molecule has 1 aromatic carbocycles. The van der Waals surface area contributed by atoms with Gasteiger partial charge in [0, 0.05) is 14.1 Å². The highest BCUT2D eigenvalue weighted by Crippen LogP contribution is 2.21. The fourth-order valence-corrected chi connectivity index (χ4v) is 2.08. The summed E-state index contributed by atoms with van der Waals surface area (Å²) in [5, 5.41) is 9.38. The minimum Gasteiger partial charge on any atom is -0.508 e. The van der Waals surface area contributed by atoms with Crippen molar-refractivity contribution in [3.8, 4) is 5.75 Å². The second-order valence-electron chi connectivity index (χ2n) is 4.50. The van der Waals surface area contributed by atoms with Crippen LogP contribution in [-0.4, -0.2) is 46.8 Å². The average Bonchev–Trinajstić information content (AvgIpc) is 2.39. The van der Waals surface area contributed by atoms with Crippen LogP contribution < -0.4 is 0 Å². The van der Waals surface area contributed by atoms with Crippen molar-refractivity contribution in [3.63, 3.8) is 0 Å². The highest BCUT2D eigenvalue weighted by molar-refractivity contribution is 6.15. The van der Waals surface area contributed by atoms with Gasteiger partial charge in [0.15, 0.2) is 0 Å². The summed E-state index contributed by atoms with van der Waals surface area (Å²) < 4.78 is 0. The van der Waals surface area contributed by atoms with Gasteiger partial charge in [-0.25, -0.2) is 4.79 Å². The van der Waals surface area contributed by atoms with Gasteiger partial charge in [-0.05, 0) is 24.1 Å². The van der Waals surface area contributed by atoms with Crippen molar-refractivity contribution in [2.24, 2.45) is 5.92 Å². The quantitative estimate of drug-likeness (QED) is 0.792. The molecular formula is C13H14N2O4. The lowest BCUT2D eigenvalue weighted by Crippen LogP contribution is -2.57. The summed E-state index contributed by atoms with van der Waals surface area (Å²) in [7, 11) is 2.70. The van der Waals surface area contributed by atoms with Crippen LogP contribution in [0.4, 0.5) is 4.79 Å². The van der Waals surface area contributed by atoms with Crippen LogP contribution in [0, 0.1) is 5.92 Å². The Kier molecular flexibility index (Phi) is 3.25. The van der Waals surface area contributed by atoms with Gasteiger partial charge in [-0.15, -0.1) is 0 Å². The number of barbiturate groups is 1. The van der Waals surface area contributed by atoms with Crippen LogP contribution in [0.25, 0.3) is 0 Å². The maximum atomic E-state index is 12.0. The smallest absolute Gasteiger partial charge is 0.332 e. The number of benzene rings is 1. The number of hydrogen-bond donors (Lipinski definition) is 1. The maximum absolute atomic E-state index is 12.0. The summed E-state index contributed by atoms with van der Waals surface area (Å²) in [6, 6.07) is 5.74. The summed E-state index contributed by atoms with van der Waals surface area (Å²) >= 11 is 0. The second-order valence-corrected chi connectivity index (χ2v) is 4.50. The van der Waals surface area contributed by atoms with Gasteiger partial charge < -0.3 is 5.11 Å². The van der Waals surface area contributed by atoms with E-state index < -0.39 is 23.8 Å². The zero-order valence-electron chi connectivity index (χ0n) is 10.7. The maximum Gasteiger partial charge on any atom is 0.332 e. The standard InChI is InChI=1S/C13H14N2O4/c1-14-11(17)10(12(18)15(2)13(14)19)7-8-4-3-5-9(16)6-8/h3-6,10,16H,7H2,1-2H3. The lowest BCUT2D eigenvalue weighted by atomic mass is 9.95. The first-order chi connectivity index (χ1) is 8.91. The first-order valence-corrected chi connectivity index (χ1v) is 5.79. The third-order valence-electron chi connectivity index (χ3n) is 3.18. The van der Waals surface area contributed by atoms with Gasteiger partial charge >= 0.3 is 6.03 Å². The third kappa shape index (κ3) is 2.29. The molecule has 0 atom stereocenters. The lowest BCUT2D eigenvalue weighted by molar-refractivity contribution is -0.147. The predicted octanol–water partition coefficient (Wildman–Crippen LogP) is 0.601. The van der Waals surface area contributed by atoms with Crippen LogP contribution in [0.1, 0.15) is 5.56 Å². The average molecular weight is 262 g/mol. The van der Waals surface area contributed by atoms with Gasteiger partial charge in [0.25, 0.3) is 0 Å². The Morgan fingerprint density at radius 3 is 2.21 bits per heavy atom. The predicted molar refractivity (Wildman–Crippen MR) is 66.2 cm³/mol. The number of phenols is 1.